The van der Waals surface area contributed by atoms with Gasteiger partial charge < -0.3 is 92.3 Å². The smallest absolute Gasteiger partial charge is 0.410 e. The van der Waals surface area contributed by atoms with E-state index in [1.807, 2.05) is 145 Å². The third kappa shape index (κ3) is 82.6. The average Bonchev–Trinajstić information content (AvgIpc) is 0.901. The summed E-state index contributed by atoms with van der Waals surface area (Å²) in [6, 6.07) is 0. The summed E-state index contributed by atoms with van der Waals surface area (Å²) in [6.45, 7) is 63.8. The summed E-state index contributed by atoms with van der Waals surface area (Å²) in [5.74, 6) is 3.25. The summed E-state index contributed by atoms with van der Waals surface area (Å²) in [7, 11) is 14.7. The first-order valence-corrected chi connectivity index (χ1v) is 42.3. The number of halogens is 4. The van der Waals surface area contributed by atoms with Crippen molar-refractivity contribution in [1.82, 2.24) is 44.5 Å². The van der Waals surface area contributed by atoms with Crippen LogP contribution in [0.25, 0.3) is 0 Å². The van der Waals surface area contributed by atoms with Gasteiger partial charge >= 0.3 is 54.8 Å². The molecular weight excluding hydrogens is 1670 g/mol. The molecule has 0 rings (SSSR count). The van der Waals surface area contributed by atoms with Crippen LogP contribution in [0, 0.1) is 23.7 Å². The minimum absolute atomic E-state index is 0. The Morgan fingerprint density at radius 1 is 0.353 bits per heavy atom. The van der Waals surface area contributed by atoms with E-state index < -0.39 is 69.2 Å². The maximum absolute atomic E-state index is 12.0. The third-order valence-electron chi connectivity index (χ3n) is 13.1. The van der Waals surface area contributed by atoms with Gasteiger partial charge in [-0.25, -0.2) is 43.2 Å². The van der Waals surface area contributed by atoms with Crippen LogP contribution in [0.2, 0.25) is 0 Å². The van der Waals surface area contributed by atoms with Crippen LogP contribution < -0.4 is 5.32 Å². The molecule has 0 bridgehead atoms. The van der Waals surface area contributed by atoms with Crippen LogP contribution in [-0.4, -0.2) is 301 Å². The number of aliphatic hydroxyl groups excluding tert-OH is 1. The van der Waals surface area contributed by atoms with Gasteiger partial charge in [0.1, 0.15) is 50.4 Å². The maximum atomic E-state index is 12.0. The first-order chi connectivity index (χ1) is 51.6. The van der Waals surface area contributed by atoms with Crippen molar-refractivity contribution < 1.29 is 90.9 Å². The number of alkyl carbamates (subject to hydrolysis) is 1. The largest absolute Gasteiger partial charge is 0.444 e. The Hall–Kier alpha value is -5.08. The van der Waals surface area contributed by atoms with Crippen LogP contribution in [0.3, 0.4) is 0 Å². The molecule has 0 aliphatic rings. The van der Waals surface area contributed by atoms with Gasteiger partial charge in [0.15, 0.2) is 0 Å². The Morgan fingerprint density at radius 3 is 0.681 bits per heavy atom. The highest BCUT2D eigenvalue weighted by Gasteiger charge is 2.31. The number of carbonyl (C=O) groups excluding carboxylic acids is 9. The number of alkyl halides is 3. The molecule has 9 amide bonds. The third-order valence-corrected chi connectivity index (χ3v) is 15.8. The van der Waals surface area contributed by atoms with E-state index in [2.05, 4.69) is 73.5 Å². The van der Waals surface area contributed by atoms with Gasteiger partial charge in [0.25, 0.3) is 0 Å². The molecule has 0 radical (unpaired) electrons. The van der Waals surface area contributed by atoms with Gasteiger partial charge in [-0.2, -0.15) is 25.3 Å². The molecule has 690 valence electrons. The number of nitrogens with one attached hydrogen (secondary N) is 1. The average molecular weight is 1830 g/mol. The normalized spacial score (nSPS) is 11.5. The number of likely N-dealkylation sites (N-methyl/N-ethyl adjacent to an activating group) is 2. The van der Waals surface area contributed by atoms with Crippen molar-refractivity contribution in [1.29, 1.82) is 0 Å². The van der Waals surface area contributed by atoms with E-state index in [0.29, 0.717) is 67.7 Å². The predicted octanol–water partition coefficient (Wildman–Crippen LogP) is 19.3. The summed E-state index contributed by atoms with van der Waals surface area (Å²) in [5, 5.41) is 12.5. The number of hydrogen-bond acceptors (Lipinski definition) is 21. The van der Waals surface area contributed by atoms with Crippen LogP contribution in [0.1, 0.15) is 226 Å². The minimum Gasteiger partial charge on any atom is -0.444 e. The first-order valence-electron chi connectivity index (χ1n) is 38.8. The summed E-state index contributed by atoms with van der Waals surface area (Å²) < 4.78 is 47.2. The van der Waals surface area contributed by atoms with Crippen molar-refractivity contribution in [2.24, 2.45) is 23.7 Å². The molecule has 0 aromatic carbocycles. The van der Waals surface area contributed by atoms with Crippen LogP contribution >= 0.6 is 76.8 Å². The minimum atomic E-state index is -0.576. The lowest BCUT2D eigenvalue weighted by Crippen LogP contribution is -2.43. The van der Waals surface area contributed by atoms with Gasteiger partial charge in [-0.05, 0) is 228 Å². The molecule has 28 nitrogen and oxygen atoms in total. The zero-order valence-corrected chi connectivity index (χ0v) is 84.5. The van der Waals surface area contributed by atoms with E-state index in [-0.39, 0.29) is 85.9 Å². The van der Waals surface area contributed by atoms with E-state index in [4.69, 9.17) is 65.8 Å². The summed E-state index contributed by atoms with van der Waals surface area (Å²) in [6.07, 6.45) is 1.67. The van der Waals surface area contributed by atoms with Crippen molar-refractivity contribution in [2.45, 2.75) is 277 Å². The SMILES string of the molecule is C=C(CCl)CCl.C=C(CN(C)C(=O)OC(C)(C)C)CN(C)C(=O)OC(C)(C)C.CCCC(CS)CCC.CN(CC(CBr)CN(C)C(=O)OC(C)(C)C)C(=O)OC(C)(C)C.CN(CC(CO)CN(C)C(=O)OC(C)(C)C)C(=O)OC(C)(C)C.CN(CC(CS)CN(C)C(=O)OC(C)(C)C)C(=O)OC(C)(C)C.CNC(=O)OC(C)(C)C.Cl. The van der Waals surface area contributed by atoms with E-state index in [0.717, 1.165) is 17.2 Å². The zero-order chi connectivity index (χ0) is 92.6. The zero-order valence-electron chi connectivity index (χ0n) is 78.8. The van der Waals surface area contributed by atoms with Crippen molar-refractivity contribution in [3.05, 3.63) is 24.3 Å². The molecule has 116 heavy (non-hydrogen) atoms. The van der Waals surface area contributed by atoms with Gasteiger partial charge in [0, 0.05) is 157 Å². The molecule has 0 heterocycles. The molecule has 0 aromatic heterocycles. The molecule has 0 aromatic rings. The summed E-state index contributed by atoms with van der Waals surface area (Å²) >= 11 is 22.6. The Kier molecular flexibility index (Phi) is 66.8. The highest BCUT2D eigenvalue weighted by molar-refractivity contribution is 9.09. The molecule has 0 saturated heterocycles. The lowest BCUT2D eigenvalue weighted by atomic mass is 10.0. The van der Waals surface area contributed by atoms with E-state index in [9.17, 15) is 48.3 Å². The molecule has 0 aliphatic heterocycles. The Bertz CT molecular complexity index is 2460. The van der Waals surface area contributed by atoms with E-state index >= 15 is 0 Å². The number of ether oxygens (including phenoxy) is 9. The second kappa shape index (κ2) is 61.2. The maximum Gasteiger partial charge on any atom is 0.410 e. The van der Waals surface area contributed by atoms with Crippen molar-refractivity contribution >= 4 is 132 Å². The van der Waals surface area contributed by atoms with Crippen LogP contribution in [-0.2, 0) is 42.6 Å². The second-order valence-corrected chi connectivity index (χ2v) is 39.0. The molecule has 2 N–H and O–H groups in total. The Balaban J connectivity index is -0.000000203. The Labute approximate surface area is 738 Å². The van der Waals surface area contributed by atoms with Crippen LogP contribution in [0.15, 0.2) is 24.3 Å². The molecule has 34 heteroatoms. The highest BCUT2D eigenvalue weighted by atomic mass is 79.9. The molecule has 0 atom stereocenters. The van der Waals surface area contributed by atoms with Crippen LogP contribution in [0.5, 0.6) is 0 Å². The van der Waals surface area contributed by atoms with Crippen molar-refractivity contribution in [2.75, 3.05) is 151 Å². The lowest BCUT2D eigenvalue weighted by molar-refractivity contribution is 0.0167. The van der Waals surface area contributed by atoms with Crippen molar-refractivity contribution in [3.8, 4) is 0 Å². The summed E-state index contributed by atoms with van der Waals surface area (Å²) in [5.41, 5.74) is -3.16. The number of rotatable bonds is 26. The predicted molar refractivity (Wildman–Crippen MR) is 486 cm³/mol. The molecular formula is C82H163BrCl3N9O19S2. The van der Waals surface area contributed by atoms with E-state index in [1.54, 1.807) is 97.9 Å². The number of thiol groups is 2. The Morgan fingerprint density at radius 2 is 0.543 bits per heavy atom. The van der Waals surface area contributed by atoms with Gasteiger partial charge in [-0.15, -0.1) is 35.6 Å². The number of aliphatic hydroxyl groups is 1. The van der Waals surface area contributed by atoms with Gasteiger partial charge in [-0.1, -0.05) is 55.8 Å². The fourth-order valence-electron chi connectivity index (χ4n) is 8.35. The summed E-state index contributed by atoms with van der Waals surface area (Å²) in [4.78, 5) is 118. The van der Waals surface area contributed by atoms with Crippen molar-refractivity contribution in [3.63, 3.8) is 0 Å². The van der Waals surface area contributed by atoms with Gasteiger partial charge in [0.05, 0.1) is 0 Å². The number of allylic oxidation sites excluding steroid dienone is 1. The molecule has 0 saturated carbocycles. The molecule has 0 unspecified atom stereocenters. The molecule has 0 aliphatic carbocycles. The fourth-order valence-corrected chi connectivity index (χ4v) is 9.64. The number of hydrogen-bond donors (Lipinski definition) is 4. The fraction of sp³-hybridized carbons (Fsp3) is 0.841. The topological polar surface area (TPSA) is 295 Å². The quantitative estimate of drug-likeness (QED) is 0.0271. The monoisotopic (exact) mass is 1830 g/mol. The number of carbonyl (C=O) groups is 9. The van der Waals surface area contributed by atoms with E-state index in [1.165, 1.54) is 71.9 Å². The second-order valence-electron chi connectivity index (χ2n) is 37.1. The van der Waals surface area contributed by atoms with Crippen LogP contribution in [0.4, 0.5) is 43.2 Å². The van der Waals surface area contributed by atoms with Gasteiger partial charge in [0.2, 0.25) is 0 Å². The number of amides is 9. The standard InChI is InChI=1S/C16H31BrN2O4.C16H32N2O5.C16H32N2O4S.C16H30N2O4.C8H18S.C6H13NO2.C4H6Cl2.ClH/c1-15(2,3)22-13(20)18(7)10-12(9-17)11-19(8)14(21)23-16(4,5)6;1-15(2,3)22-13(20)17(7)9-12(11-19)10-18(8)14(21)23-16(4,5)6;1-15(2,3)21-13(19)17(7)9-12(11-23)10-18(8)14(20)22-16(4,5)6;1-12(10-17(8)13(19)21-15(2,3)4)11-18(9)14(20)22-16(5,6)7;1-3-5-8(7-9)6-4-2;1-6(2,3)9-5(8)7-4;1-4(2-5)3-6;/h12H,9-11H2,1-8H3;12,19H,9-11H2,1-8H3;12,23H,9-11H2,1-8H3;1,10-11H2,2-9H3;8-9H,3-7H2,1-2H3;1-4H3,(H,7,8);1-3H2;1H. The first kappa shape index (κ1) is 127. The molecule has 0 spiro atoms. The lowest BCUT2D eigenvalue weighted by Gasteiger charge is -2.30. The molecule has 0 fully saturated rings. The highest BCUT2D eigenvalue weighted by Crippen LogP contribution is 2.20. The number of nitrogens with zero attached hydrogens (tertiary/aromatic N) is 8. The van der Waals surface area contributed by atoms with Gasteiger partial charge in [-0.3, -0.25) is 0 Å².